The molecule has 0 saturated heterocycles. The molecule has 0 aliphatic heterocycles. The first-order chi connectivity index (χ1) is 37.1. The Bertz CT molecular complexity index is 4310. The molecule has 75 heavy (non-hydrogen) atoms. The number of ether oxygens (including phenoxy) is 2. The van der Waals surface area contributed by atoms with Gasteiger partial charge < -0.3 is 23.2 Å². The number of nitrogens with zero attached hydrogens (tertiary/aromatic N) is 5. The largest absolute Gasteiger partial charge is 0.457 e. The summed E-state index contributed by atoms with van der Waals surface area (Å²) in [6.07, 6.45) is 0. The number of hydrogen-bond acceptors (Lipinski definition) is 4. The predicted molar refractivity (Wildman–Crippen MR) is 303 cm³/mol. The zero-order valence-corrected chi connectivity index (χ0v) is 40.2. The van der Waals surface area contributed by atoms with Crippen LogP contribution in [0.5, 0.6) is 23.0 Å². The summed E-state index contributed by atoms with van der Waals surface area (Å²) in [4.78, 5) is 0. The number of aromatic nitrogens is 3. The van der Waals surface area contributed by atoms with E-state index in [9.17, 15) is 10.5 Å². The summed E-state index contributed by atoms with van der Waals surface area (Å²) in [7, 11) is 0. The third-order valence-corrected chi connectivity index (χ3v) is 14.4. The average molecular weight is 960 g/mol. The van der Waals surface area contributed by atoms with E-state index < -0.39 is 0 Å². The molecule has 14 rings (SSSR count). The van der Waals surface area contributed by atoms with Crippen molar-refractivity contribution in [3.05, 3.63) is 260 Å². The van der Waals surface area contributed by atoms with Gasteiger partial charge in [-0.1, -0.05) is 133 Å². The molecule has 7 heteroatoms. The zero-order chi connectivity index (χ0) is 50.0. The van der Waals surface area contributed by atoms with Crippen LogP contribution in [0.1, 0.15) is 11.1 Å². The number of rotatable bonds is 9. The van der Waals surface area contributed by atoms with Gasteiger partial charge in [0.05, 0.1) is 73.4 Å². The standard InChI is InChI=1S/C68H41N5O2/c69-42-44-31-33-67(72-63-27-9-3-21-55(63)56-22-4-10-28-64(56)72)59(35-44)46-15-13-17-49(37-46)74-51-39-48(71-61-25-7-1-19-53(61)54-20-2-8-26-62(54)71)40-52(41-51)75-50-18-14-16-47(38-50)60-36-45(43-70)32-34-68(60)73-65-29-11-5-23-57(65)58-24-6-12-30-66(58)73/h1-41H. The maximum atomic E-state index is 10.2. The Kier molecular flexibility index (Phi) is 10.1. The number of para-hydroxylation sites is 6. The topological polar surface area (TPSA) is 80.8 Å². The van der Waals surface area contributed by atoms with Gasteiger partial charge in [-0.05, 0) is 108 Å². The van der Waals surface area contributed by atoms with E-state index in [1.54, 1.807) is 0 Å². The molecular weight excluding hydrogens is 919 g/mol. The predicted octanol–water partition coefficient (Wildman–Crippen LogP) is 17.6. The molecule has 0 spiro atoms. The highest BCUT2D eigenvalue weighted by Crippen LogP contribution is 2.42. The van der Waals surface area contributed by atoms with Crippen LogP contribution in [0.3, 0.4) is 0 Å². The minimum atomic E-state index is 0.561. The van der Waals surface area contributed by atoms with Gasteiger partial charge in [0, 0.05) is 61.6 Å². The third kappa shape index (κ3) is 7.26. The maximum Gasteiger partial charge on any atom is 0.133 e. The van der Waals surface area contributed by atoms with Crippen molar-refractivity contribution in [1.82, 2.24) is 13.7 Å². The van der Waals surface area contributed by atoms with Crippen molar-refractivity contribution in [3.63, 3.8) is 0 Å². The molecule has 0 aliphatic carbocycles. The maximum absolute atomic E-state index is 10.2. The molecule has 14 aromatic rings. The lowest BCUT2D eigenvalue weighted by molar-refractivity contribution is 0.460. The van der Waals surface area contributed by atoms with Crippen molar-refractivity contribution in [3.8, 4) is 74.5 Å². The quantitative estimate of drug-likeness (QED) is 0.144. The van der Waals surface area contributed by atoms with Crippen LogP contribution in [0.4, 0.5) is 0 Å². The van der Waals surface area contributed by atoms with Gasteiger partial charge in [0.1, 0.15) is 23.0 Å². The van der Waals surface area contributed by atoms with E-state index in [0.717, 1.165) is 105 Å². The Morgan fingerprint density at radius 2 is 0.613 bits per heavy atom. The van der Waals surface area contributed by atoms with Crippen LogP contribution in [-0.4, -0.2) is 13.7 Å². The Hall–Kier alpha value is -10.6. The van der Waals surface area contributed by atoms with E-state index in [1.165, 1.54) is 0 Å². The lowest BCUT2D eigenvalue weighted by atomic mass is 10.0. The average Bonchev–Trinajstić information content (AvgIpc) is 4.12. The Morgan fingerprint density at radius 3 is 0.960 bits per heavy atom. The van der Waals surface area contributed by atoms with E-state index in [4.69, 9.17) is 9.47 Å². The van der Waals surface area contributed by atoms with Crippen molar-refractivity contribution in [2.75, 3.05) is 0 Å². The van der Waals surface area contributed by atoms with Crippen LogP contribution in [0.2, 0.25) is 0 Å². The summed E-state index contributed by atoms with van der Waals surface area (Å²) in [6.45, 7) is 0. The molecule has 0 amide bonds. The number of benzene rings is 11. The van der Waals surface area contributed by atoms with Crippen LogP contribution < -0.4 is 9.47 Å². The molecule has 0 atom stereocenters. The molecule has 7 nitrogen and oxygen atoms in total. The highest BCUT2D eigenvalue weighted by molar-refractivity contribution is 6.12. The molecule has 0 N–H and O–H groups in total. The van der Waals surface area contributed by atoms with Crippen LogP contribution in [0, 0.1) is 22.7 Å². The van der Waals surface area contributed by atoms with Crippen LogP contribution in [0.15, 0.2) is 249 Å². The summed E-state index contributed by atoms with van der Waals surface area (Å²) >= 11 is 0. The SMILES string of the molecule is N#Cc1ccc(-n2c3ccccc3c3ccccc32)c(-c2cccc(Oc3cc(Oc4cccc(-c5cc(C#N)ccc5-n5c6ccccc6c6ccccc65)c4)cc(-n4c5ccccc5c5ccccc54)c3)c2)c1. The molecule has 11 aromatic carbocycles. The van der Waals surface area contributed by atoms with Gasteiger partial charge in [0.15, 0.2) is 0 Å². The smallest absolute Gasteiger partial charge is 0.133 e. The Balaban J connectivity index is 0.893. The van der Waals surface area contributed by atoms with E-state index in [0.29, 0.717) is 34.1 Å². The van der Waals surface area contributed by atoms with Gasteiger partial charge in [-0.25, -0.2) is 0 Å². The molecule has 350 valence electrons. The summed E-state index contributed by atoms with van der Waals surface area (Å²) in [5, 5.41) is 27.3. The summed E-state index contributed by atoms with van der Waals surface area (Å²) < 4.78 is 20.7. The van der Waals surface area contributed by atoms with E-state index in [-0.39, 0.29) is 0 Å². The van der Waals surface area contributed by atoms with Crippen molar-refractivity contribution in [1.29, 1.82) is 10.5 Å². The molecule has 0 aliphatic rings. The summed E-state index contributed by atoms with van der Waals surface area (Å²) in [6, 6.07) is 89.3. The highest BCUT2D eigenvalue weighted by atomic mass is 16.5. The van der Waals surface area contributed by atoms with Gasteiger partial charge in [-0.15, -0.1) is 0 Å². The van der Waals surface area contributed by atoms with Crippen molar-refractivity contribution in [2.45, 2.75) is 0 Å². The minimum absolute atomic E-state index is 0.561. The van der Waals surface area contributed by atoms with Gasteiger partial charge >= 0.3 is 0 Å². The van der Waals surface area contributed by atoms with Crippen molar-refractivity contribution in [2.24, 2.45) is 0 Å². The van der Waals surface area contributed by atoms with Crippen LogP contribution >= 0.6 is 0 Å². The van der Waals surface area contributed by atoms with E-state index in [1.807, 2.05) is 78.9 Å². The Morgan fingerprint density at radius 1 is 0.280 bits per heavy atom. The highest BCUT2D eigenvalue weighted by Gasteiger charge is 2.20. The summed E-state index contributed by atoms with van der Waals surface area (Å²) in [5.74, 6) is 2.37. The first-order valence-corrected chi connectivity index (χ1v) is 24.8. The molecule has 0 radical (unpaired) electrons. The number of hydrogen-bond donors (Lipinski definition) is 0. The van der Waals surface area contributed by atoms with E-state index in [2.05, 4.69) is 196 Å². The second-order valence-electron chi connectivity index (χ2n) is 18.7. The van der Waals surface area contributed by atoms with Gasteiger partial charge in [-0.3, -0.25) is 0 Å². The third-order valence-electron chi connectivity index (χ3n) is 14.4. The van der Waals surface area contributed by atoms with Crippen molar-refractivity contribution >= 4 is 65.4 Å². The minimum Gasteiger partial charge on any atom is -0.457 e. The second kappa shape index (κ2) is 17.6. The van der Waals surface area contributed by atoms with Gasteiger partial charge in [0.25, 0.3) is 0 Å². The second-order valence-corrected chi connectivity index (χ2v) is 18.7. The fourth-order valence-electron chi connectivity index (χ4n) is 11.2. The fraction of sp³-hybridized carbons (Fsp3) is 0. The monoisotopic (exact) mass is 959 g/mol. The van der Waals surface area contributed by atoms with Gasteiger partial charge in [-0.2, -0.15) is 10.5 Å². The molecule has 0 bridgehead atoms. The molecule has 0 unspecified atom stereocenters. The number of fused-ring (bicyclic) bond motifs is 9. The van der Waals surface area contributed by atoms with Crippen LogP contribution in [0.25, 0.3) is 105 Å². The molecule has 3 heterocycles. The normalized spacial score (nSPS) is 11.4. The number of nitriles is 2. The summed E-state index contributed by atoms with van der Waals surface area (Å²) in [5.41, 5.74) is 13.9. The molecule has 0 saturated carbocycles. The molecular formula is C68H41N5O2. The molecule has 3 aromatic heterocycles. The van der Waals surface area contributed by atoms with E-state index >= 15 is 0 Å². The first kappa shape index (κ1) is 43.2. The molecule has 0 fully saturated rings. The van der Waals surface area contributed by atoms with Crippen molar-refractivity contribution < 1.29 is 9.47 Å². The van der Waals surface area contributed by atoms with Crippen LogP contribution in [-0.2, 0) is 0 Å². The lowest BCUT2D eigenvalue weighted by Gasteiger charge is -2.17. The first-order valence-electron chi connectivity index (χ1n) is 24.8. The lowest BCUT2D eigenvalue weighted by Crippen LogP contribution is -1.99. The van der Waals surface area contributed by atoms with Gasteiger partial charge in [0.2, 0.25) is 0 Å². The fourth-order valence-corrected chi connectivity index (χ4v) is 11.2. The zero-order valence-electron chi connectivity index (χ0n) is 40.2. The Labute approximate surface area is 431 Å².